The van der Waals surface area contributed by atoms with Crippen molar-refractivity contribution in [2.75, 3.05) is 18.2 Å². The van der Waals surface area contributed by atoms with Gasteiger partial charge in [-0.05, 0) is 18.1 Å². The Morgan fingerprint density at radius 3 is 2.62 bits per heavy atom. The molecule has 29 heavy (non-hydrogen) atoms. The quantitative estimate of drug-likeness (QED) is 0.444. The first-order valence-electron chi connectivity index (χ1n) is 9.12. The number of rotatable bonds is 10. The summed E-state index contributed by atoms with van der Waals surface area (Å²) < 4.78 is 6.64. The Kier molecular flexibility index (Phi) is 8.20. The number of methoxy groups -OCH3 is 1. The van der Waals surface area contributed by atoms with Gasteiger partial charge < -0.3 is 20.4 Å². The van der Waals surface area contributed by atoms with Crippen LogP contribution in [0.4, 0.5) is 5.69 Å². The minimum absolute atomic E-state index is 0.0849. The molecule has 2 amide bonds. The molecule has 0 aliphatic heterocycles. The molecule has 0 aliphatic rings. The molecule has 0 saturated heterocycles. The minimum atomic E-state index is -0.524. The van der Waals surface area contributed by atoms with Crippen molar-refractivity contribution in [3.63, 3.8) is 0 Å². The van der Waals surface area contributed by atoms with Crippen LogP contribution in [0.5, 0.6) is 0 Å². The largest absolute Gasteiger partial charge is 0.465 e. The number of primary amides is 1. The molecular formula is C19H25N5O4S. The lowest BCUT2D eigenvalue weighted by atomic mass is 10.2. The van der Waals surface area contributed by atoms with Gasteiger partial charge in [0, 0.05) is 19.4 Å². The zero-order valence-corrected chi connectivity index (χ0v) is 17.5. The highest BCUT2D eigenvalue weighted by Crippen LogP contribution is 2.21. The Bertz CT molecular complexity index is 881. The summed E-state index contributed by atoms with van der Waals surface area (Å²) in [7, 11) is 1.29. The van der Waals surface area contributed by atoms with Crippen molar-refractivity contribution in [2.24, 2.45) is 11.7 Å². The monoisotopic (exact) mass is 419 g/mol. The molecule has 1 aromatic carbocycles. The van der Waals surface area contributed by atoms with Gasteiger partial charge in [0.25, 0.3) is 0 Å². The summed E-state index contributed by atoms with van der Waals surface area (Å²) in [5.74, 6) is -0.132. The van der Waals surface area contributed by atoms with Gasteiger partial charge >= 0.3 is 5.97 Å². The molecule has 0 aliphatic carbocycles. The van der Waals surface area contributed by atoms with E-state index < -0.39 is 11.9 Å². The highest BCUT2D eigenvalue weighted by atomic mass is 32.2. The van der Waals surface area contributed by atoms with E-state index >= 15 is 0 Å². The number of ether oxygens (including phenoxy) is 1. The first kappa shape index (κ1) is 22.4. The Balaban J connectivity index is 2.06. The van der Waals surface area contributed by atoms with Crippen LogP contribution in [0.1, 0.15) is 36.5 Å². The number of carbonyl (C=O) groups excluding carboxylic acids is 3. The van der Waals surface area contributed by atoms with Crippen LogP contribution in [-0.2, 0) is 27.3 Å². The van der Waals surface area contributed by atoms with Crippen molar-refractivity contribution < 1.29 is 19.1 Å². The Hall–Kier alpha value is -2.88. The van der Waals surface area contributed by atoms with Gasteiger partial charge in [-0.1, -0.05) is 37.7 Å². The third-order valence-corrected chi connectivity index (χ3v) is 4.84. The number of para-hydroxylation sites is 1. The van der Waals surface area contributed by atoms with E-state index in [9.17, 15) is 14.4 Å². The number of hydrogen-bond donors (Lipinski definition) is 2. The highest BCUT2D eigenvalue weighted by molar-refractivity contribution is 7.99. The summed E-state index contributed by atoms with van der Waals surface area (Å²) in [6, 6.07) is 6.63. The molecule has 2 rings (SSSR count). The molecule has 0 atom stereocenters. The standard InChI is InChI=1S/C19H25N5O4S/c1-12(2)10-24-16(9-8-15(20)25)22-23-19(24)29-11-17(26)21-14-7-5-4-6-13(14)18(27)28-3/h4-7,12H,8-11H2,1-3H3,(H2,20,25)(H,21,26). The van der Waals surface area contributed by atoms with Gasteiger partial charge in [-0.15, -0.1) is 10.2 Å². The number of anilines is 1. The van der Waals surface area contributed by atoms with Gasteiger partial charge in [-0.3, -0.25) is 9.59 Å². The van der Waals surface area contributed by atoms with E-state index in [-0.39, 0.29) is 23.6 Å². The lowest BCUT2D eigenvalue weighted by molar-refractivity contribution is -0.118. The average molecular weight is 420 g/mol. The third-order valence-electron chi connectivity index (χ3n) is 3.88. The van der Waals surface area contributed by atoms with Gasteiger partial charge in [0.2, 0.25) is 11.8 Å². The number of aryl methyl sites for hydroxylation is 1. The number of aromatic nitrogens is 3. The first-order chi connectivity index (χ1) is 13.8. The molecular weight excluding hydrogens is 394 g/mol. The predicted octanol–water partition coefficient (Wildman–Crippen LogP) is 1.87. The van der Waals surface area contributed by atoms with E-state index in [2.05, 4.69) is 29.4 Å². The Labute approximate surface area is 173 Å². The second-order valence-corrected chi connectivity index (χ2v) is 7.69. The van der Waals surface area contributed by atoms with E-state index in [0.717, 1.165) is 0 Å². The predicted molar refractivity (Wildman–Crippen MR) is 110 cm³/mol. The summed E-state index contributed by atoms with van der Waals surface area (Å²) in [5.41, 5.74) is 5.89. The van der Waals surface area contributed by atoms with E-state index in [0.29, 0.717) is 35.6 Å². The van der Waals surface area contributed by atoms with Crippen molar-refractivity contribution in [2.45, 2.75) is 38.4 Å². The van der Waals surface area contributed by atoms with Crippen LogP contribution in [0.3, 0.4) is 0 Å². The number of amides is 2. The van der Waals surface area contributed by atoms with Crippen LogP contribution in [0.15, 0.2) is 29.4 Å². The summed E-state index contributed by atoms with van der Waals surface area (Å²) in [6.07, 6.45) is 0.583. The van der Waals surface area contributed by atoms with Crippen molar-refractivity contribution in [1.82, 2.24) is 14.8 Å². The minimum Gasteiger partial charge on any atom is -0.465 e. The molecule has 0 fully saturated rings. The SMILES string of the molecule is COC(=O)c1ccccc1NC(=O)CSc1nnc(CCC(N)=O)n1CC(C)C. The van der Waals surface area contributed by atoms with Crippen molar-refractivity contribution in [3.8, 4) is 0 Å². The van der Waals surface area contributed by atoms with Crippen LogP contribution in [0.25, 0.3) is 0 Å². The van der Waals surface area contributed by atoms with Crippen LogP contribution in [0, 0.1) is 5.92 Å². The topological polar surface area (TPSA) is 129 Å². The van der Waals surface area contributed by atoms with Crippen molar-refractivity contribution >= 4 is 35.2 Å². The molecule has 3 N–H and O–H groups in total. The number of thioether (sulfide) groups is 1. The second kappa shape index (κ2) is 10.6. The third kappa shape index (κ3) is 6.60. The second-order valence-electron chi connectivity index (χ2n) is 6.74. The molecule has 0 saturated carbocycles. The maximum Gasteiger partial charge on any atom is 0.339 e. The van der Waals surface area contributed by atoms with Gasteiger partial charge in [0.1, 0.15) is 5.82 Å². The molecule has 9 nitrogen and oxygen atoms in total. The van der Waals surface area contributed by atoms with E-state index in [1.807, 2.05) is 4.57 Å². The Morgan fingerprint density at radius 1 is 1.24 bits per heavy atom. The molecule has 0 spiro atoms. The van der Waals surface area contributed by atoms with Crippen LogP contribution in [0.2, 0.25) is 0 Å². The fourth-order valence-electron chi connectivity index (χ4n) is 2.59. The summed E-state index contributed by atoms with van der Waals surface area (Å²) in [5, 5.41) is 11.6. The van der Waals surface area contributed by atoms with Crippen LogP contribution >= 0.6 is 11.8 Å². The number of esters is 1. The number of nitrogens with two attached hydrogens (primary N) is 1. The van der Waals surface area contributed by atoms with Gasteiger partial charge in [0.05, 0.1) is 24.1 Å². The van der Waals surface area contributed by atoms with Gasteiger partial charge in [0.15, 0.2) is 5.16 Å². The van der Waals surface area contributed by atoms with Crippen LogP contribution in [-0.4, -0.2) is 45.4 Å². The number of nitrogens with zero attached hydrogens (tertiary/aromatic N) is 3. The molecule has 0 bridgehead atoms. The fourth-order valence-corrected chi connectivity index (χ4v) is 3.36. The molecule has 1 aromatic heterocycles. The van der Waals surface area contributed by atoms with Gasteiger partial charge in [-0.2, -0.15) is 0 Å². The van der Waals surface area contributed by atoms with E-state index in [4.69, 9.17) is 10.5 Å². The Morgan fingerprint density at radius 2 is 1.97 bits per heavy atom. The number of carbonyl (C=O) groups is 3. The zero-order chi connectivity index (χ0) is 21.4. The summed E-state index contributed by atoms with van der Waals surface area (Å²) >= 11 is 1.24. The smallest absolute Gasteiger partial charge is 0.339 e. The maximum atomic E-state index is 12.4. The molecule has 2 aromatic rings. The molecule has 156 valence electrons. The van der Waals surface area contributed by atoms with Crippen molar-refractivity contribution in [1.29, 1.82) is 0 Å². The molecule has 1 heterocycles. The lowest BCUT2D eigenvalue weighted by Gasteiger charge is -2.12. The zero-order valence-electron chi connectivity index (χ0n) is 16.7. The fraction of sp³-hybridized carbons (Fsp3) is 0.421. The number of benzene rings is 1. The van der Waals surface area contributed by atoms with Gasteiger partial charge in [-0.25, -0.2) is 4.79 Å². The normalized spacial score (nSPS) is 10.8. The lowest BCUT2D eigenvalue weighted by Crippen LogP contribution is -2.18. The first-order valence-corrected chi connectivity index (χ1v) is 10.1. The summed E-state index contributed by atoms with van der Waals surface area (Å²) in [6.45, 7) is 4.78. The molecule has 0 radical (unpaired) electrons. The van der Waals surface area contributed by atoms with Crippen molar-refractivity contribution in [3.05, 3.63) is 35.7 Å². The van der Waals surface area contributed by atoms with E-state index in [1.54, 1.807) is 24.3 Å². The van der Waals surface area contributed by atoms with E-state index in [1.165, 1.54) is 18.9 Å². The molecule has 10 heteroatoms. The summed E-state index contributed by atoms with van der Waals surface area (Å²) in [4.78, 5) is 35.3. The average Bonchev–Trinajstić information content (AvgIpc) is 3.05. The molecule has 0 unspecified atom stereocenters. The maximum absolute atomic E-state index is 12.4. The number of hydrogen-bond acceptors (Lipinski definition) is 7. The number of nitrogens with one attached hydrogen (secondary N) is 1. The highest BCUT2D eigenvalue weighted by Gasteiger charge is 2.17. The van der Waals surface area contributed by atoms with Crippen LogP contribution < -0.4 is 11.1 Å².